The van der Waals surface area contributed by atoms with Crippen LogP contribution in [0.25, 0.3) is 0 Å². The first-order chi connectivity index (χ1) is 9.40. The maximum absolute atomic E-state index is 11.9. The minimum Gasteiger partial charge on any atom is -0.481 e. The van der Waals surface area contributed by atoms with E-state index in [2.05, 4.69) is 5.32 Å². The lowest BCUT2D eigenvalue weighted by Crippen LogP contribution is -2.51. The molecule has 0 aliphatic heterocycles. The standard InChI is InChI=1S/C13H20N2O5/c14-8(3-4-9(16)17)12(18)15-11-7-2-1-6(5-7)10(11)13(19)20/h6-8,10-11H,1-5,14H2,(H,15,18)(H,16,17)(H,19,20). The van der Waals surface area contributed by atoms with Crippen LogP contribution in [-0.4, -0.2) is 40.1 Å². The fourth-order valence-corrected chi connectivity index (χ4v) is 3.54. The lowest BCUT2D eigenvalue weighted by atomic mass is 9.84. The Morgan fingerprint density at radius 2 is 1.85 bits per heavy atom. The second kappa shape index (κ2) is 5.78. The molecule has 2 aliphatic carbocycles. The van der Waals surface area contributed by atoms with Gasteiger partial charge in [0.15, 0.2) is 0 Å². The SMILES string of the molecule is NC(CCC(=O)O)C(=O)NC1C2CCC(C2)C1C(=O)O. The third-order valence-electron chi connectivity index (χ3n) is 4.52. The maximum Gasteiger partial charge on any atom is 0.308 e. The number of carbonyl (C=O) groups excluding carboxylic acids is 1. The Morgan fingerprint density at radius 3 is 2.45 bits per heavy atom. The molecule has 0 radical (unpaired) electrons. The van der Waals surface area contributed by atoms with Crippen molar-refractivity contribution >= 4 is 17.8 Å². The lowest BCUT2D eigenvalue weighted by Gasteiger charge is -2.29. The molecule has 2 saturated carbocycles. The van der Waals surface area contributed by atoms with Gasteiger partial charge in [0.2, 0.25) is 5.91 Å². The third kappa shape index (κ3) is 2.92. The average molecular weight is 284 g/mol. The van der Waals surface area contributed by atoms with Gasteiger partial charge in [0, 0.05) is 12.5 Å². The van der Waals surface area contributed by atoms with Gasteiger partial charge in [0.25, 0.3) is 0 Å². The van der Waals surface area contributed by atoms with Gasteiger partial charge in [0.1, 0.15) is 0 Å². The number of hydrogen-bond acceptors (Lipinski definition) is 4. The molecule has 5 atom stereocenters. The number of amides is 1. The summed E-state index contributed by atoms with van der Waals surface area (Å²) < 4.78 is 0. The first-order valence-corrected chi connectivity index (χ1v) is 6.90. The van der Waals surface area contributed by atoms with Crippen LogP contribution in [0.1, 0.15) is 32.1 Å². The fraction of sp³-hybridized carbons (Fsp3) is 0.769. The number of carbonyl (C=O) groups is 3. The summed E-state index contributed by atoms with van der Waals surface area (Å²) in [6.07, 6.45) is 2.56. The Morgan fingerprint density at radius 1 is 1.20 bits per heavy atom. The number of fused-ring (bicyclic) bond motifs is 2. The number of nitrogens with one attached hydrogen (secondary N) is 1. The molecule has 1 amide bonds. The second-order valence-electron chi connectivity index (χ2n) is 5.77. The van der Waals surface area contributed by atoms with Gasteiger partial charge in [-0.2, -0.15) is 0 Å². The van der Waals surface area contributed by atoms with Crippen molar-refractivity contribution in [3.63, 3.8) is 0 Å². The second-order valence-corrected chi connectivity index (χ2v) is 5.77. The first kappa shape index (κ1) is 14.8. The molecule has 0 spiro atoms. The molecule has 2 fully saturated rings. The van der Waals surface area contributed by atoms with Crippen LogP contribution < -0.4 is 11.1 Å². The van der Waals surface area contributed by atoms with Crippen molar-refractivity contribution < 1.29 is 24.6 Å². The molecule has 0 aromatic rings. The van der Waals surface area contributed by atoms with Gasteiger partial charge in [-0.15, -0.1) is 0 Å². The van der Waals surface area contributed by atoms with Crippen molar-refractivity contribution in [2.75, 3.05) is 0 Å². The molecular weight excluding hydrogens is 264 g/mol. The molecule has 20 heavy (non-hydrogen) atoms. The molecule has 2 bridgehead atoms. The molecule has 112 valence electrons. The highest BCUT2D eigenvalue weighted by Gasteiger charge is 2.51. The van der Waals surface area contributed by atoms with E-state index in [9.17, 15) is 19.5 Å². The Bertz CT molecular complexity index is 425. The van der Waals surface area contributed by atoms with Gasteiger partial charge in [-0.1, -0.05) is 0 Å². The Balaban J connectivity index is 1.93. The van der Waals surface area contributed by atoms with Crippen LogP contribution in [0.2, 0.25) is 0 Å². The zero-order valence-electron chi connectivity index (χ0n) is 11.1. The van der Waals surface area contributed by atoms with E-state index in [0.717, 1.165) is 19.3 Å². The number of carboxylic acids is 2. The maximum atomic E-state index is 11.9. The van der Waals surface area contributed by atoms with E-state index in [1.165, 1.54) is 0 Å². The number of aliphatic carboxylic acids is 2. The fourth-order valence-electron chi connectivity index (χ4n) is 3.54. The van der Waals surface area contributed by atoms with Crippen LogP contribution in [0.3, 0.4) is 0 Å². The summed E-state index contributed by atoms with van der Waals surface area (Å²) in [6, 6.07) is -1.27. The van der Waals surface area contributed by atoms with Crippen LogP contribution in [0, 0.1) is 17.8 Å². The normalized spacial score (nSPS) is 32.9. The van der Waals surface area contributed by atoms with Crippen LogP contribution in [0.5, 0.6) is 0 Å². The van der Waals surface area contributed by atoms with Gasteiger partial charge in [-0.05, 0) is 37.5 Å². The quantitative estimate of drug-likeness (QED) is 0.534. The molecule has 7 heteroatoms. The number of rotatable bonds is 6. The van der Waals surface area contributed by atoms with Gasteiger partial charge in [0.05, 0.1) is 12.0 Å². The number of hydrogen-bond donors (Lipinski definition) is 4. The summed E-state index contributed by atoms with van der Waals surface area (Å²) >= 11 is 0. The molecule has 5 unspecified atom stereocenters. The minimum atomic E-state index is -1.00. The molecule has 0 heterocycles. The van der Waals surface area contributed by atoms with Gasteiger partial charge in [-0.3, -0.25) is 14.4 Å². The molecule has 2 aliphatic rings. The zero-order chi connectivity index (χ0) is 14.9. The summed E-state index contributed by atoms with van der Waals surface area (Å²) in [5.41, 5.74) is 5.64. The van der Waals surface area contributed by atoms with E-state index in [1.54, 1.807) is 0 Å². The van der Waals surface area contributed by atoms with Crippen LogP contribution in [0.15, 0.2) is 0 Å². The molecule has 0 saturated heterocycles. The third-order valence-corrected chi connectivity index (χ3v) is 4.52. The van der Waals surface area contributed by atoms with Crippen LogP contribution in [-0.2, 0) is 14.4 Å². The van der Waals surface area contributed by atoms with E-state index < -0.39 is 29.8 Å². The highest BCUT2D eigenvalue weighted by molar-refractivity contribution is 5.83. The van der Waals surface area contributed by atoms with Crippen molar-refractivity contribution in [2.24, 2.45) is 23.5 Å². The minimum absolute atomic E-state index is 0.0553. The Labute approximate surface area is 116 Å². The van der Waals surface area contributed by atoms with Crippen molar-refractivity contribution in [1.29, 1.82) is 0 Å². The molecular formula is C13H20N2O5. The Hall–Kier alpha value is -1.63. The van der Waals surface area contributed by atoms with Crippen LogP contribution >= 0.6 is 0 Å². The summed E-state index contributed by atoms with van der Waals surface area (Å²) in [6.45, 7) is 0. The molecule has 5 N–H and O–H groups in total. The Kier molecular flexibility index (Phi) is 4.27. The van der Waals surface area contributed by atoms with E-state index >= 15 is 0 Å². The van der Waals surface area contributed by atoms with Gasteiger partial charge < -0.3 is 21.3 Å². The van der Waals surface area contributed by atoms with Gasteiger partial charge >= 0.3 is 11.9 Å². The predicted molar refractivity (Wildman–Crippen MR) is 68.7 cm³/mol. The lowest BCUT2D eigenvalue weighted by molar-refractivity contribution is -0.144. The highest BCUT2D eigenvalue weighted by Crippen LogP contribution is 2.48. The van der Waals surface area contributed by atoms with Crippen molar-refractivity contribution in [3.05, 3.63) is 0 Å². The smallest absolute Gasteiger partial charge is 0.308 e. The summed E-state index contributed by atoms with van der Waals surface area (Å²) in [5.74, 6) is -2.52. The molecule has 7 nitrogen and oxygen atoms in total. The number of nitrogens with two attached hydrogens (primary N) is 1. The highest BCUT2D eigenvalue weighted by atomic mass is 16.4. The van der Waals surface area contributed by atoms with Crippen molar-refractivity contribution in [2.45, 2.75) is 44.2 Å². The monoisotopic (exact) mass is 284 g/mol. The van der Waals surface area contributed by atoms with Gasteiger partial charge in [-0.25, -0.2) is 0 Å². The summed E-state index contributed by atoms with van der Waals surface area (Å²) in [4.78, 5) is 33.7. The summed E-state index contributed by atoms with van der Waals surface area (Å²) in [5, 5.41) is 20.6. The predicted octanol–water partition coefficient (Wildman–Crippen LogP) is -0.206. The topological polar surface area (TPSA) is 130 Å². The van der Waals surface area contributed by atoms with E-state index in [1.807, 2.05) is 0 Å². The number of carboxylic acid groups (broad SMARTS) is 2. The van der Waals surface area contributed by atoms with E-state index in [4.69, 9.17) is 10.8 Å². The molecule has 2 rings (SSSR count). The largest absolute Gasteiger partial charge is 0.481 e. The van der Waals surface area contributed by atoms with E-state index in [0.29, 0.717) is 0 Å². The molecule has 0 aromatic heterocycles. The van der Waals surface area contributed by atoms with Crippen LogP contribution in [0.4, 0.5) is 0 Å². The average Bonchev–Trinajstić information content (AvgIpc) is 2.96. The first-order valence-electron chi connectivity index (χ1n) is 6.90. The molecule has 0 aromatic carbocycles. The van der Waals surface area contributed by atoms with E-state index in [-0.39, 0.29) is 30.7 Å². The summed E-state index contributed by atoms with van der Waals surface area (Å²) in [7, 11) is 0. The van der Waals surface area contributed by atoms with Crippen molar-refractivity contribution in [3.8, 4) is 0 Å². The zero-order valence-corrected chi connectivity index (χ0v) is 11.1. The van der Waals surface area contributed by atoms with Crippen molar-refractivity contribution in [1.82, 2.24) is 5.32 Å².